The minimum absolute atomic E-state index is 0.00432. The lowest BCUT2D eigenvalue weighted by Crippen LogP contribution is -2.00. The minimum atomic E-state index is -0.447. The van der Waals surface area contributed by atoms with Gasteiger partial charge in [-0.25, -0.2) is 4.39 Å². The van der Waals surface area contributed by atoms with Gasteiger partial charge in [-0.2, -0.15) is 0 Å². The van der Waals surface area contributed by atoms with Gasteiger partial charge in [0.25, 0.3) is 0 Å². The first-order chi connectivity index (χ1) is 9.51. The SMILES string of the molecule is Cc1cc(CO)cc(C)c1OCc1ccc(Cl)c(F)c1. The molecule has 2 nitrogen and oxygen atoms in total. The molecule has 0 amide bonds. The van der Waals surface area contributed by atoms with Gasteiger partial charge in [-0.15, -0.1) is 0 Å². The first-order valence-corrected chi connectivity index (χ1v) is 6.66. The lowest BCUT2D eigenvalue weighted by atomic mass is 10.1. The molecule has 106 valence electrons. The molecule has 0 aliphatic carbocycles. The molecule has 0 unspecified atom stereocenters. The van der Waals surface area contributed by atoms with E-state index in [0.29, 0.717) is 0 Å². The summed E-state index contributed by atoms with van der Waals surface area (Å²) in [7, 11) is 0. The van der Waals surface area contributed by atoms with Gasteiger partial charge in [0.2, 0.25) is 0 Å². The molecule has 0 aromatic heterocycles. The van der Waals surface area contributed by atoms with E-state index in [1.54, 1.807) is 6.07 Å². The highest BCUT2D eigenvalue weighted by Gasteiger charge is 2.08. The van der Waals surface area contributed by atoms with E-state index in [4.69, 9.17) is 21.4 Å². The molecule has 2 aromatic carbocycles. The molecule has 0 saturated heterocycles. The van der Waals surface area contributed by atoms with E-state index in [2.05, 4.69) is 0 Å². The Kier molecular flexibility index (Phi) is 4.63. The van der Waals surface area contributed by atoms with Crippen LogP contribution >= 0.6 is 11.6 Å². The van der Waals surface area contributed by atoms with Gasteiger partial charge in [0.15, 0.2) is 0 Å². The second kappa shape index (κ2) is 6.25. The fraction of sp³-hybridized carbons (Fsp3) is 0.250. The van der Waals surface area contributed by atoms with E-state index in [9.17, 15) is 4.39 Å². The van der Waals surface area contributed by atoms with Crippen LogP contribution in [0.2, 0.25) is 5.02 Å². The molecule has 0 bridgehead atoms. The van der Waals surface area contributed by atoms with E-state index in [1.165, 1.54) is 12.1 Å². The fourth-order valence-electron chi connectivity index (χ4n) is 2.14. The van der Waals surface area contributed by atoms with Crippen LogP contribution in [0.4, 0.5) is 4.39 Å². The van der Waals surface area contributed by atoms with Crippen molar-refractivity contribution in [3.8, 4) is 5.75 Å². The quantitative estimate of drug-likeness (QED) is 0.917. The number of rotatable bonds is 4. The van der Waals surface area contributed by atoms with Crippen molar-refractivity contribution in [3.63, 3.8) is 0 Å². The highest BCUT2D eigenvalue weighted by molar-refractivity contribution is 6.30. The Morgan fingerprint density at radius 3 is 2.30 bits per heavy atom. The number of aliphatic hydroxyl groups is 1. The molecule has 1 N–H and O–H groups in total. The molecule has 4 heteroatoms. The predicted octanol–water partition coefficient (Wildman–Crippen LogP) is 4.17. The fourth-order valence-corrected chi connectivity index (χ4v) is 2.26. The van der Waals surface area contributed by atoms with Crippen LogP contribution in [0.15, 0.2) is 30.3 Å². The lowest BCUT2D eigenvalue weighted by molar-refractivity contribution is 0.280. The maximum atomic E-state index is 13.3. The highest BCUT2D eigenvalue weighted by Crippen LogP contribution is 2.26. The normalized spacial score (nSPS) is 10.7. The summed E-state index contributed by atoms with van der Waals surface area (Å²) in [5, 5.41) is 9.25. The van der Waals surface area contributed by atoms with Crippen LogP contribution in [0.3, 0.4) is 0 Å². The summed E-state index contributed by atoms with van der Waals surface area (Å²) in [5.74, 6) is 0.314. The Bertz CT molecular complexity index is 603. The summed E-state index contributed by atoms with van der Waals surface area (Å²) in [5.41, 5.74) is 3.47. The van der Waals surface area contributed by atoms with Crippen LogP contribution in [0.5, 0.6) is 5.75 Å². The van der Waals surface area contributed by atoms with Gasteiger partial charge in [0.05, 0.1) is 11.6 Å². The van der Waals surface area contributed by atoms with E-state index < -0.39 is 5.82 Å². The summed E-state index contributed by atoms with van der Waals surface area (Å²) < 4.78 is 19.1. The molecule has 2 aromatic rings. The summed E-state index contributed by atoms with van der Waals surface area (Å²) in [4.78, 5) is 0. The van der Waals surface area contributed by atoms with Crippen molar-refractivity contribution in [2.24, 2.45) is 0 Å². The third-order valence-electron chi connectivity index (χ3n) is 3.07. The summed E-state index contributed by atoms with van der Waals surface area (Å²) >= 11 is 5.64. The van der Waals surface area contributed by atoms with Crippen molar-refractivity contribution in [2.75, 3.05) is 0 Å². The second-order valence-electron chi connectivity index (χ2n) is 4.75. The Morgan fingerprint density at radius 2 is 1.75 bits per heavy atom. The molecular formula is C16H16ClFO2. The molecule has 0 saturated carbocycles. The first-order valence-electron chi connectivity index (χ1n) is 6.29. The zero-order valence-electron chi connectivity index (χ0n) is 11.4. The van der Waals surface area contributed by atoms with Crippen LogP contribution in [-0.2, 0) is 13.2 Å². The van der Waals surface area contributed by atoms with Gasteiger partial charge >= 0.3 is 0 Å². The molecule has 20 heavy (non-hydrogen) atoms. The maximum Gasteiger partial charge on any atom is 0.142 e. The number of aryl methyl sites for hydroxylation is 2. The van der Waals surface area contributed by atoms with E-state index >= 15 is 0 Å². The average Bonchev–Trinajstić information content (AvgIpc) is 2.41. The molecular weight excluding hydrogens is 279 g/mol. The molecule has 0 aliphatic heterocycles. The van der Waals surface area contributed by atoms with E-state index in [1.807, 2.05) is 26.0 Å². The zero-order chi connectivity index (χ0) is 14.7. The van der Waals surface area contributed by atoms with Crippen molar-refractivity contribution in [1.29, 1.82) is 0 Å². The monoisotopic (exact) mass is 294 g/mol. The number of halogens is 2. The Labute approximate surface area is 122 Å². The van der Waals surface area contributed by atoms with Gasteiger partial charge < -0.3 is 9.84 Å². The smallest absolute Gasteiger partial charge is 0.142 e. The Morgan fingerprint density at radius 1 is 1.10 bits per heavy atom. The Balaban J connectivity index is 2.16. The summed E-state index contributed by atoms with van der Waals surface area (Å²) in [6.07, 6.45) is 0. The maximum absolute atomic E-state index is 13.3. The summed E-state index contributed by atoms with van der Waals surface area (Å²) in [6, 6.07) is 8.38. The molecule has 2 rings (SSSR count). The molecule has 0 fully saturated rings. The van der Waals surface area contributed by atoms with Crippen molar-refractivity contribution >= 4 is 11.6 Å². The van der Waals surface area contributed by atoms with Crippen molar-refractivity contribution in [3.05, 3.63) is 63.4 Å². The van der Waals surface area contributed by atoms with Crippen LogP contribution in [0.25, 0.3) is 0 Å². The Hall–Kier alpha value is -1.58. The molecule has 0 spiro atoms. The van der Waals surface area contributed by atoms with Crippen molar-refractivity contribution < 1.29 is 14.2 Å². The van der Waals surface area contributed by atoms with Crippen LogP contribution in [-0.4, -0.2) is 5.11 Å². The average molecular weight is 295 g/mol. The number of hydrogen-bond donors (Lipinski definition) is 1. The van der Waals surface area contributed by atoms with Gasteiger partial charge in [-0.3, -0.25) is 0 Å². The van der Waals surface area contributed by atoms with Crippen LogP contribution < -0.4 is 4.74 Å². The van der Waals surface area contributed by atoms with E-state index in [0.717, 1.165) is 28.0 Å². The van der Waals surface area contributed by atoms with Gasteiger partial charge in [-0.1, -0.05) is 29.8 Å². The van der Waals surface area contributed by atoms with Crippen molar-refractivity contribution in [1.82, 2.24) is 0 Å². The number of ether oxygens (including phenoxy) is 1. The third kappa shape index (κ3) is 3.30. The van der Waals surface area contributed by atoms with Crippen molar-refractivity contribution in [2.45, 2.75) is 27.1 Å². The van der Waals surface area contributed by atoms with Gasteiger partial charge in [0.1, 0.15) is 18.2 Å². The highest BCUT2D eigenvalue weighted by atomic mass is 35.5. The zero-order valence-corrected chi connectivity index (χ0v) is 12.2. The molecule has 0 heterocycles. The van der Waals surface area contributed by atoms with Gasteiger partial charge in [-0.05, 0) is 48.2 Å². The number of benzene rings is 2. The molecule has 0 radical (unpaired) electrons. The molecule has 0 atom stereocenters. The minimum Gasteiger partial charge on any atom is -0.488 e. The van der Waals surface area contributed by atoms with Crippen LogP contribution in [0.1, 0.15) is 22.3 Å². The topological polar surface area (TPSA) is 29.5 Å². The number of aliphatic hydroxyl groups excluding tert-OH is 1. The first kappa shape index (κ1) is 14.8. The largest absolute Gasteiger partial charge is 0.488 e. The lowest BCUT2D eigenvalue weighted by Gasteiger charge is -2.13. The van der Waals surface area contributed by atoms with Crippen LogP contribution in [0, 0.1) is 19.7 Å². The molecule has 0 aliphatic rings. The van der Waals surface area contributed by atoms with E-state index in [-0.39, 0.29) is 18.2 Å². The predicted molar refractivity (Wildman–Crippen MR) is 77.6 cm³/mol. The summed E-state index contributed by atoms with van der Waals surface area (Å²) in [6.45, 7) is 4.12. The third-order valence-corrected chi connectivity index (χ3v) is 3.38. The standard InChI is InChI=1S/C16H16ClFO2/c1-10-5-13(8-19)6-11(2)16(10)20-9-12-3-4-14(17)15(18)7-12/h3-7,19H,8-9H2,1-2H3. The van der Waals surface area contributed by atoms with Gasteiger partial charge in [0, 0.05) is 0 Å². The number of hydrogen-bond acceptors (Lipinski definition) is 2. The second-order valence-corrected chi connectivity index (χ2v) is 5.16.